The fraction of sp³-hybridized carbons (Fsp3) is 0.250. The van der Waals surface area contributed by atoms with Gasteiger partial charge in [-0.25, -0.2) is 9.50 Å². The van der Waals surface area contributed by atoms with E-state index in [2.05, 4.69) is 10.1 Å². The summed E-state index contributed by atoms with van der Waals surface area (Å²) in [6.07, 6.45) is 5.10. The van der Waals surface area contributed by atoms with Gasteiger partial charge in [-0.3, -0.25) is 4.21 Å². The topological polar surface area (TPSA) is 47.3 Å². The maximum absolute atomic E-state index is 11.1. The first-order valence-corrected chi connectivity index (χ1v) is 5.39. The van der Waals surface area contributed by atoms with Gasteiger partial charge in [0.25, 0.3) is 0 Å². The molecule has 0 bridgehead atoms. The second kappa shape index (κ2) is 2.92. The third-order valence-corrected chi connectivity index (χ3v) is 2.57. The monoisotopic (exact) mass is 195 g/mol. The Kier molecular flexibility index (Phi) is 1.88. The summed E-state index contributed by atoms with van der Waals surface area (Å²) < 4.78 is 12.8. The average molecular weight is 195 g/mol. The van der Waals surface area contributed by atoms with E-state index in [1.54, 1.807) is 17.0 Å². The summed E-state index contributed by atoms with van der Waals surface area (Å²) in [6.45, 7) is 1.99. The molecule has 0 fully saturated rings. The highest BCUT2D eigenvalue weighted by Crippen LogP contribution is 2.08. The highest BCUT2D eigenvalue weighted by molar-refractivity contribution is 7.84. The van der Waals surface area contributed by atoms with Crippen molar-refractivity contribution < 1.29 is 4.21 Å². The van der Waals surface area contributed by atoms with E-state index in [0.717, 1.165) is 11.1 Å². The van der Waals surface area contributed by atoms with Gasteiger partial charge in [-0.1, -0.05) is 0 Å². The molecular weight excluding hydrogens is 186 g/mol. The molecular formula is C8H9N3OS. The smallest absolute Gasteiger partial charge is 0.237 e. The number of rotatable bonds is 1. The van der Waals surface area contributed by atoms with E-state index in [-0.39, 0.29) is 0 Å². The highest BCUT2D eigenvalue weighted by atomic mass is 32.2. The molecule has 0 saturated carbocycles. The van der Waals surface area contributed by atoms with Crippen LogP contribution in [0.5, 0.6) is 0 Å². The Balaban J connectivity index is 2.70. The lowest BCUT2D eigenvalue weighted by molar-refractivity contribution is 0.672. The van der Waals surface area contributed by atoms with Crippen LogP contribution in [0.15, 0.2) is 23.6 Å². The Morgan fingerprint density at radius 1 is 1.54 bits per heavy atom. The van der Waals surface area contributed by atoms with Gasteiger partial charge >= 0.3 is 0 Å². The van der Waals surface area contributed by atoms with Gasteiger partial charge < -0.3 is 0 Å². The molecule has 0 amide bonds. The maximum atomic E-state index is 11.1. The van der Waals surface area contributed by atoms with Crippen molar-refractivity contribution in [2.45, 2.75) is 12.1 Å². The molecule has 0 aliphatic heterocycles. The van der Waals surface area contributed by atoms with Crippen LogP contribution >= 0.6 is 0 Å². The van der Waals surface area contributed by atoms with Gasteiger partial charge in [0, 0.05) is 12.5 Å². The van der Waals surface area contributed by atoms with E-state index < -0.39 is 10.8 Å². The zero-order valence-electron chi connectivity index (χ0n) is 7.39. The molecule has 1 unspecified atom stereocenters. The van der Waals surface area contributed by atoms with Gasteiger partial charge in [-0.15, -0.1) is 5.10 Å². The Hall–Kier alpha value is -1.23. The first-order valence-electron chi connectivity index (χ1n) is 3.83. The van der Waals surface area contributed by atoms with E-state index in [1.807, 2.05) is 19.2 Å². The SMILES string of the molecule is Cc1ccn2nc(S(C)=O)ncc12. The van der Waals surface area contributed by atoms with E-state index in [9.17, 15) is 4.21 Å². The Morgan fingerprint density at radius 2 is 2.31 bits per heavy atom. The zero-order valence-corrected chi connectivity index (χ0v) is 8.21. The van der Waals surface area contributed by atoms with Crippen molar-refractivity contribution in [3.05, 3.63) is 24.0 Å². The second-order valence-electron chi connectivity index (χ2n) is 2.82. The molecule has 0 aromatic carbocycles. The van der Waals surface area contributed by atoms with Crippen LogP contribution in [-0.2, 0) is 10.8 Å². The number of hydrogen-bond acceptors (Lipinski definition) is 3. The molecule has 13 heavy (non-hydrogen) atoms. The summed E-state index contributed by atoms with van der Waals surface area (Å²) in [4.78, 5) is 4.01. The van der Waals surface area contributed by atoms with Gasteiger partial charge in [-0.2, -0.15) is 0 Å². The van der Waals surface area contributed by atoms with Gasteiger partial charge in [0.2, 0.25) is 5.16 Å². The minimum Gasteiger partial charge on any atom is -0.251 e. The van der Waals surface area contributed by atoms with E-state index >= 15 is 0 Å². The minimum atomic E-state index is -1.12. The highest BCUT2D eigenvalue weighted by Gasteiger charge is 2.04. The van der Waals surface area contributed by atoms with Crippen molar-refractivity contribution in [2.24, 2.45) is 0 Å². The van der Waals surface area contributed by atoms with Crippen LogP contribution in [0.4, 0.5) is 0 Å². The van der Waals surface area contributed by atoms with E-state index in [0.29, 0.717) is 5.16 Å². The molecule has 2 heterocycles. The maximum Gasteiger partial charge on any atom is 0.237 e. The second-order valence-corrected chi connectivity index (χ2v) is 4.10. The molecule has 0 spiro atoms. The van der Waals surface area contributed by atoms with Crippen molar-refractivity contribution in [3.63, 3.8) is 0 Å². The first kappa shape index (κ1) is 8.37. The van der Waals surface area contributed by atoms with Crippen molar-refractivity contribution in [1.29, 1.82) is 0 Å². The molecule has 1 atom stereocenters. The van der Waals surface area contributed by atoms with E-state index in [1.165, 1.54) is 0 Å². The Morgan fingerprint density at radius 3 is 3.00 bits per heavy atom. The van der Waals surface area contributed by atoms with Crippen molar-refractivity contribution >= 4 is 16.3 Å². The Bertz CT molecular complexity index is 477. The molecule has 0 N–H and O–H groups in total. The lowest BCUT2D eigenvalue weighted by Crippen LogP contribution is -2.01. The Labute approximate surface area is 78.1 Å². The molecule has 0 radical (unpaired) electrons. The first-order chi connectivity index (χ1) is 6.18. The van der Waals surface area contributed by atoms with Crippen LogP contribution in [0.3, 0.4) is 0 Å². The molecule has 68 valence electrons. The molecule has 0 aliphatic rings. The third kappa shape index (κ3) is 1.35. The van der Waals surface area contributed by atoms with Gasteiger partial charge in [0.1, 0.15) is 0 Å². The van der Waals surface area contributed by atoms with Crippen molar-refractivity contribution in [3.8, 4) is 0 Å². The third-order valence-electron chi connectivity index (χ3n) is 1.86. The van der Waals surface area contributed by atoms with Crippen LogP contribution in [0, 0.1) is 6.92 Å². The van der Waals surface area contributed by atoms with Crippen LogP contribution in [-0.4, -0.2) is 25.1 Å². The summed E-state index contributed by atoms with van der Waals surface area (Å²) >= 11 is 0. The summed E-state index contributed by atoms with van der Waals surface area (Å²) in [5, 5.41) is 4.46. The average Bonchev–Trinajstić information content (AvgIpc) is 2.47. The summed E-state index contributed by atoms with van der Waals surface area (Å²) in [5.74, 6) is 0. The number of aryl methyl sites for hydroxylation is 1. The zero-order chi connectivity index (χ0) is 9.42. The van der Waals surface area contributed by atoms with Crippen LogP contribution in [0.2, 0.25) is 0 Å². The lowest BCUT2D eigenvalue weighted by Gasteiger charge is -1.96. The molecule has 2 rings (SSSR count). The summed E-state index contributed by atoms with van der Waals surface area (Å²) in [6, 6.07) is 1.95. The van der Waals surface area contributed by atoms with Crippen molar-refractivity contribution in [1.82, 2.24) is 14.6 Å². The predicted molar refractivity (Wildman–Crippen MR) is 50.1 cm³/mol. The van der Waals surface area contributed by atoms with Crippen LogP contribution < -0.4 is 0 Å². The molecule has 2 aromatic heterocycles. The number of hydrogen-bond donors (Lipinski definition) is 0. The quantitative estimate of drug-likeness (QED) is 0.675. The lowest BCUT2D eigenvalue weighted by atomic mass is 10.3. The normalized spacial score (nSPS) is 13.4. The van der Waals surface area contributed by atoms with Gasteiger partial charge in [0.15, 0.2) is 0 Å². The number of nitrogens with zero attached hydrogens (tertiary/aromatic N) is 3. The van der Waals surface area contributed by atoms with Crippen molar-refractivity contribution in [2.75, 3.05) is 6.26 Å². The number of fused-ring (bicyclic) bond motifs is 1. The van der Waals surface area contributed by atoms with Gasteiger partial charge in [-0.05, 0) is 18.6 Å². The molecule has 4 nitrogen and oxygen atoms in total. The molecule has 2 aromatic rings. The summed E-state index contributed by atoms with van der Waals surface area (Å²) in [5.41, 5.74) is 2.07. The molecule has 0 saturated heterocycles. The number of aromatic nitrogens is 3. The van der Waals surface area contributed by atoms with E-state index in [4.69, 9.17) is 0 Å². The largest absolute Gasteiger partial charge is 0.251 e. The predicted octanol–water partition coefficient (Wildman–Crippen LogP) is 0.775. The molecule has 5 heteroatoms. The fourth-order valence-corrected chi connectivity index (χ4v) is 1.55. The molecule has 0 aliphatic carbocycles. The fourth-order valence-electron chi connectivity index (χ4n) is 1.14. The standard InChI is InChI=1S/C8H9N3OS/c1-6-3-4-11-7(6)5-9-8(10-11)13(2)12/h3-5H,1-2H3. The van der Waals surface area contributed by atoms with Crippen LogP contribution in [0.25, 0.3) is 5.52 Å². The van der Waals surface area contributed by atoms with Gasteiger partial charge in [0.05, 0.1) is 22.5 Å². The minimum absolute atomic E-state index is 0.364. The van der Waals surface area contributed by atoms with Crippen LogP contribution in [0.1, 0.15) is 5.56 Å². The summed E-state index contributed by atoms with van der Waals surface area (Å²) in [7, 11) is -1.12.